The fourth-order valence-electron chi connectivity index (χ4n) is 7.66. The highest BCUT2D eigenvalue weighted by molar-refractivity contribution is 5.95. The maximum absolute atomic E-state index is 14.9. The van der Waals surface area contributed by atoms with Crippen LogP contribution in [0.2, 0.25) is 0 Å². The molecule has 2 aliphatic rings. The van der Waals surface area contributed by atoms with Gasteiger partial charge in [-0.15, -0.1) is 0 Å². The number of esters is 10. The second-order valence-electron chi connectivity index (χ2n) is 15.3. The molecule has 0 spiro atoms. The Morgan fingerprint density at radius 3 is 1.29 bits per heavy atom. The fourth-order valence-corrected chi connectivity index (χ4v) is 7.66. The number of rotatable bonds is 13. The van der Waals surface area contributed by atoms with Crippen LogP contribution < -0.4 is 24.4 Å². The van der Waals surface area contributed by atoms with Gasteiger partial charge in [0.25, 0.3) is 0 Å². The first-order chi connectivity index (χ1) is 32.4. The summed E-state index contributed by atoms with van der Waals surface area (Å²) in [5.74, 6) is -12.1. The van der Waals surface area contributed by atoms with Gasteiger partial charge in [0.1, 0.15) is 29.1 Å². The van der Waals surface area contributed by atoms with E-state index in [9.17, 15) is 52.7 Å². The lowest BCUT2D eigenvalue weighted by Gasteiger charge is -2.43. The third-order valence-corrected chi connectivity index (χ3v) is 9.65. The molecule has 0 amide bonds. The predicted octanol–water partition coefficient (Wildman–Crippen LogP) is 2.89. The zero-order valence-corrected chi connectivity index (χ0v) is 38.6. The molecule has 3 heterocycles. The van der Waals surface area contributed by atoms with E-state index in [1.807, 2.05) is 0 Å². The Morgan fingerprint density at radius 2 is 0.855 bits per heavy atom. The van der Waals surface area contributed by atoms with Crippen molar-refractivity contribution in [3.63, 3.8) is 0 Å². The van der Waals surface area contributed by atoms with Crippen molar-refractivity contribution in [2.75, 3.05) is 13.2 Å². The van der Waals surface area contributed by atoms with Gasteiger partial charge in [0, 0.05) is 80.9 Å². The largest absolute Gasteiger partial charge is 0.456 e. The van der Waals surface area contributed by atoms with Crippen LogP contribution in [0.4, 0.5) is 0 Å². The molecule has 0 radical (unpaired) electrons. The summed E-state index contributed by atoms with van der Waals surface area (Å²) in [6.07, 6.45) is -14.0. The van der Waals surface area contributed by atoms with Gasteiger partial charge in [-0.3, -0.25) is 52.7 Å². The third-order valence-electron chi connectivity index (χ3n) is 9.65. The lowest BCUT2D eigenvalue weighted by Crippen LogP contribution is -2.55. The highest BCUT2D eigenvalue weighted by atomic mass is 16.7. The molecule has 0 aliphatic carbocycles. The van der Waals surface area contributed by atoms with Crippen molar-refractivity contribution >= 4 is 70.7 Å². The summed E-state index contributed by atoms with van der Waals surface area (Å²) in [6.45, 7) is 8.63. The second-order valence-corrected chi connectivity index (χ2v) is 15.3. The molecular formula is C45H46O24. The number of hydrogen-bond acceptors (Lipinski definition) is 24. The van der Waals surface area contributed by atoms with Crippen LogP contribution in [-0.4, -0.2) is 110 Å². The zero-order valence-electron chi connectivity index (χ0n) is 38.6. The van der Waals surface area contributed by atoms with Crippen molar-refractivity contribution in [2.24, 2.45) is 0 Å². The first kappa shape index (κ1) is 52.2. The Kier molecular flexibility index (Phi) is 16.6. The van der Waals surface area contributed by atoms with Crippen molar-refractivity contribution in [3.05, 3.63) is 45.6 Å². The van der Waals surface area contributed by atoms with Crippen molar-refractivity contribution in [2.45, 2.75) is 118 Å². The van der Waals surface area contributed by atoms with Crippen LogP contribution in [0, 0.1) is 0 Å². The predicted molar refractivity (Wildman–Crippen MR) is 224 cm³/mol. The van der Waals surface area contributed by atoms with E-state index in [2.05, 4.69) is 0 Å². The summed E-state index contributed by atoms with van der Waals surface area (Å²) in [7, 11) is 0. The number of carbonyl (C=O) groups excluding carboxylic acids is 10. The maximum atomic E-state index is 14.9. The molecule has 0 unspecified atom stereocenters. The van der Waals surface area contributed by atoms with Crippen LogP contribution in [-0.2, 0) is 85.8 Å². The number of benzene rings is 2. The van der Waals surface area contributed by atoms with Crippen molar-refractivity contribution in [3.8, 4) is 34.3 Å². The van der Waals surface area contributed by atoms with E-state index >= 15 is 0 Å². The van der Waals surface area contributed by atoms with Crippen molar-refractivity contribution in [1.29, 1.82) is 0 Å². The Hall–Kier alpha value is -7.73. The average Bonchev–Trinajstić information content (AvgIpc) is 3.20. The summed E-state index contributed by atoms with van der Waals surface area (Å²) in [4.78, 5) is 141. The molecule has 3 aromatic rings. The summed E-state index contributed by atoms with van der Waals surface area (Å²) in [5, 5.41) is -0.667. The minimum Gasteiger partial charge on any atom is -0.456 e. The molecule has 370 valence electrons. The van der Waals surface area contributed by atoms with Gasteiger partial charge in [-0.05, 0) is 18.2 Å². The normalized spacial score (nSPS) is 21.9. The van der Waals surface area contributed by atoms with E-state index in [1.54, 1.807) is 0 Å². The molecule has 0 saturated carbocycles. The highest BCUT2D eigenvalue weighted by Crippen LogP contribution is 2.53. The van der Waals surface area contributed by atoms with Gasteiger partial charge in [-0.2, -0.15) is 0 Å². The van der Waals surface area contributed by atoms with Crippen LogP contribution >= 0.6 is 0 Å². The lowest BCUT2D eigenvalue weighted by molar-refractivity contribution is -0.228. The molecule has 2 saturated heterocycles. The smallest absolute Gasteiger partial charge is 0.308 e. The van der Waals surface area contributed by atoms with E-state index in [0.717, 1.165) is 81.4 Å². The molecule has 0 bridgehead atoms. The third kappa shape index (κ3) is 12.6. The second kappa shape index (κ2) is 21.9. The van der Waals surface area contributed by atoms with Crippen LogP contribution in [0.25, 0.3) is 22.3 Å². The Balaban J connectivity index is 2.04. The molecule has 24 nitrogen and oxygen atoms in total. The number of fused-ring (bicyclic) bond motifs is 1. The van der Waals surface area contributed by atoms with E-state index in [-0.39, 0.29) is 22.8 Å². The molecule has 5 rings (SSSR count). The molecule has 2 aliphatic heterocycles. The molecule has 2 aromatic carbocycles. The van der Waals surface area contributed by atoms with Crippen LogP contribution in [0.5, 0.6) is 23.0 Å². The van der Waals surface area contributed by atoms with Gasteiger partial charge in [-0.25, -0.2) is 0 Å². The van der Waals surface area contributed by atoms with Gasteiger partial charge in [0.05, 0.1) is 24.3 Å². The van der Waals surface area contributed by atoms with Crippen molar-refractivity contribution < 1.29 is 109 Å². The van der Waals surface area contributed by atoms with Crippen LogP contribution in [0.1, 0.15) is 92.6 Å². The van der Waals surface area contributed by atoms with Gasteiger partial charge < -0.3 is 61.3 Å². The van der Waals surface area contributed by atoms with Crippen LogP contribution in [0.15, 0.2) is 33.5 Å². The maximum Gasteiger partial charge on any atom is 0.308 e. The lowest BCUT2D eigenvalue weighted by atomic mass is 9.86. The summed E-state index contributed by atoms with van der Waals surface area (Å²) in [5.41, 5.74) is -2.91. The molecule has 2 fully saturated rings. The SMILES string of the molecule is CC(=O)Oc1ccc(-c2cc(=O)c3c(OC(C)=O)c([C@@H]4OC[C@H](OC(C)=O)[C@H](OC(C)=O)[C@H]4OC(C)=O)c(OC(C)=O)c([C@@H]4OC[C@@H](OC(C)=O)[C@H](OC(C)=O)[C@H]4OC(C)=O)c3o2)cc1OC(C)=O. The Bertz CT molecular complexity index is 2660. The Morgan fingerprint density at radius 1 is 0.449 bits per heavy atom. The fraction of sp³-hybridized carbons (Fsp3) is 0.444. The highest BCUT2D eigenvalue weighted by Gasteiger charge is 2.54. The topological polar surface area (TPSA) is 312 Å². The minimum atomic E-state index is -1.93. The van der Waals surface area contributed by atoms with E-state index in [0.29, 0.717) is 0 Å². The Labute approximate surface area is 390 Å². The first-order valence-corrected chi connectivity index (χ1v) is 20.7. The minimum absolute atomic E-state index is 0.0423. The number of ether oxygens (including phenoxy) is 12. The summed E-state index contributed by atoms with van der Waals surface area (Å²) in [6, 6.07) is 4.54. The van der Waals surface area contributed by atoms with Gasteiger partial charge >= 0.3 is 59.7 Å². The van der Waals surface area contributed by atoms with E-state index in [1.165, 1.54) is 12.1 Å². The first-order valence-electron chi connectivity index (χ1n) is 20.7. The van der Waals surface area contributed by atoms with E-state index < -0.39 is 161 Å². The van der Waals surface area contributed by atoms with Gasteiger partial charge in [0.15, 0.2) is 64.9 Å². The molecule has 24 heteroatoms. The van der Waals surface area contributed by atoms with Crippen molar-refractivity contribution in [1.82, 2.24) is 0 Å². The van der Waals surface area contributed by atoms with E-state index in [4.69, 9.17) is 61.3 Å². The molecule has 8 atom stereocenters. The molecule has 69 heavy (non-hydrogen) atoms. The average molecular weight is 971 g/mol. The molecule has 1 aromatic heterocycles. The standard InChI is InChI=1S/C45H46O24/c1-17(46)59-29-12-11-27(13-31(29)60-18(2)47)30-14-28(56)34-39(65-23(7)52)35(42-44(67-25(9)54)37(63-21(5)50)32(15-57-42)61-19(3)48)41(66-24(8)53)36(40(34)69-30)43-45(68-26(10)55)38(64-22(6)51)33(16-58-43)62-20(4)49/h11-14,32-33,37-38,42-45H,15-16H2,1-10H3/t32-,33+,37-,38-,42-,43-,44+,45+/m0/s1. The number of carbonyl (C=O) groups is 10. The van der Waals surface area contributed by atoms with Crippen LogP contribution in [0.3, 0.4) is 0 Å². The zero-order chi connectivity index (χ0) is 51.2. The molecular weight excluding hydrogens is 924 g/mol. The summed E-state index contributed by atoms with van der Waals surface area (Å²) >= 11 is 0. The van der Waals surface area contributed by atoms with Gasteiger partial charge in [-0.1, -0.05) is 0 Å². The quantitative estimate of drug-likeness (QED) is 0.135. The monoisotopic (exact) mass is 970 g/mol. The van der Waals surface area contributed by atoms with Gasteiger partial charge in [0.2, 0.25) is 0 Å². The summed E-state index contributed by atoms with van der Waals surface area (Å²) < 4.78 is 74.4. The molecule has 0 N–H and O–H groups in total. The number of hydrogen-bond donors (Lipinski definition) is 0.